The van der Waals surface area contributed by atoms with Crippen molar-refractivity contribution in [3.8, 4) is 0 Å². The monoisotopic (exact) mass is 996 g/mol. The molecule has 16 heteroatoms. The quantitative estimate of drug-likeness (QED) is 0.0342. The van der Waals surface area contributed by atoms with Crippen LogP contribution in [0.15, 0.2) is 0 Å². The van der Waals surface area contributed by atoms with Crippen molar-refractivity contribution in [3.63, 3.8) is 0 Å². The minimum atomic E-state index is -4.58. The third kappa shape index (κ3) is 47.9. The number of carbonyl (C=O) groups excluding carboxylic acids is 4. The van der Waals surface area contributed by atoms with Gasteiger partial charge in [-0.2, -0.15) is 0 Å². The second-order valence-corrected chi connectivity index (χ2v) is 21.4. The number of Topliss-reactive ketones (excluding diaryl/α,β-unsaturated/α-hetero) is 2. The number of carbonyl (C=O) groups is 4. The van der Waals surface area contributed by atoms with Crippen LogP contribution in [0.5, 0.6) is 0 Å². The highest BCUT2D eigenvalue weighted by molar-refractivity contribution is 7.47. The van der Waals surface area contributed by atoms with E-state index in [4.69, 9.17) is 18.5 Å². The van der Waals surface area contributed by atoms with Crippen LogP contribution in [0.3, 0.4) is 0 Å². The van der Waals surface area contributed by atoms with Crippen LogP contribution in [-0.2, 0) is 55.9 Å². The number of ether oxygens (including phenoxy) is 2. The average Bonchev–Trinajstić information content (AvgIpc) is 3.30. The molecule has 0 spiro atoms. The summed E-state index contributed by atoms with van der Waals surface area (Å²) in [7, 11) is -7.72. The summed E-state index contributed by atoms with van der Waals surface area (Å²) in [4.78, 5) is 71.5. The fourth-order valence-electron chi connectivity index (χ4n) is 7.77. The van der Waals surface area contributed by atoms with Crippen molar-refractivity contribution in [2.75, 3.05) is 33.5 Å². The molecular formula is C51H97O14P2-. The molecule has 0 aliphatic rings. The lowest BCUT2D eigenvalue weighted by atomic mass is 10.0. The van der Waals surface area contributed by atoms with E-state index < -0.39 is 40.3 Å². The van der Waals surface area contributed by atoms with Gasteiger partial charge < -0.3 is 28.3 Å². The molecule has 0 aliphatic carbocycles. The van der Waals surface area contributed by atoms with Crippen LogP contribution in [-0.4, -0.2) is 68.0 Å². The topological polar surface area (TPSA) is 201 Å². The zero-order valence-corrected chi connectivity index (χ0v) is 44.4. The Bertz CT molecular complexity index is 1300. The lowest BCUT2D eigenvalue weighted by Gasteiger charge is -2.20. The second kappa shape index (κ2) is 46.9. The van der Waals surface area contributed by atoms with E-state index in [-0.39, 0.29) is 63.5 Å². The minimum absolute atomic E-state index is 0.0684. The minimum Gasteiger partial charge on any atom is -0.756 e. The van der Waals surface area contributed by atoms with E-state index >= 15 is 0 Å². The molecule has 0 radical (unpaired) electrons. The van der Waals surface area contributed by atoms with Crippen LogP contribution in [0.4, 0.5) is 0 Å². The molecule has 0 bridgehead atoms. The summed E-state index contributed by atoms with van der Waals surface area (Å²) in [5.41, 5.74) is 0. The van der Waals surface area contributed by atoms with Crippen molar-refractivity contribution in [3.05, 3.63) is 0 Å². The van der Waals surface area contributed by atoms with E-state index in [1.165, 1.54) is 116 Å². The Balaban J connectivity index is 4.54. The van der Waals surface area contributed by atoms with Gasteiger partial charge in [-0.15, -0.1) is 0 Å². The fourth-order valence-corrected chi connectivity index (χ4v) is 9.02. The SMILES string of the molecule is CCCCCCCCCCCCCCCC(=O)OC[C@H](COP(=O)(O)OCCCC(=O)CCCC(=O)CCCCCCCOP(=O)([O-])OC)OC(=O)CCCCCCCCCCCCCCC. The maximum absolute atomic E-state index is 12.8. The summed E-state index contributed by atoms with van der Waals surface area (Å²) in [5, 5.41) is 0. The summed E-state index contributed by atoms with van der Waals surface area (Å²) < 4.78 is 54.1. The number of unbranched alkanes of at least 4 members (excludes halogenated alkanes) is 28. The molecule has 396 valence electrons. The molecule has 2 unspecified atom stereocenters. The predicted molar refractivity (Wildman–Crippen MR) is 265 cm³/mol. The number of esters is 2. The summed E-state index contributed by atoms with van der Waals surface area (Å²) in [6, 6.07) is 0. The molecule has 0 amide bonds. The van der Waals surface area contributed by atoms with Crippen LogP contribution >= 0.6 is 15.6 Å². The highest BCUT2D eigenvalue weighted by Crippen LogP contribution is 2.43. The summed E-state index contributed by atoms with van der Waals surface area (Å²) >= 11 is 0. The molecule has 0 saturated heterocycles. The molecule has 3 atom stereocenters. The Kier molecular flexibility index (Phi) is 45.8. The van der Waals surface area contributed by atoms with Gasteiger partial charge in [-0.25, -0.2) is 4.57 Å². The molecule has 0 aromatic carbocycles. The second-order valence-electron chi connectivity index (χ2n) is 18.4. The fraction of sp³-hybridized carbons (Fsp3) is 0.922. The number of hydrogen-bond donors (Lipinski definition) is 1. The maximum Gasteiger partial charge on any atom is 0.472 e. The van der Waals surface area contributed by atoms with Crippen LogP contribution < -0.4 is 4.89 Å². The Morgan fingerprint density at radius 1 is 0.433 bits per heavy atom. The first-order chi connectivity index (χ1) is 32.3. The van der Waals surface area contributed by atoms with Crippen molar-refractivity contribution < 1.29 is 65.7 Å². The maximum atomic E-state index is 12.8. The van der Waals surface area contributed by atoms with Crippen molar-refractivity contribution in [1.82, 2.24) is 0 Å². The highest BCUT2D eigenvalue weighted by atomic mass is 31.2. The first-order valence-electron chi connectivity index (χ1n) is 26.9. The smallest absolute Gasteiger partial charge is 0.472 e. The van der Waals surface area contributed by atoms with Crippen molar-refractivity contribution in [2.45, 2.75) is 270 Å². The Morgan fingerprint density at radius 2 is 0.791 bits per heavy atom. The molecule has 67 heavy (non-hydrogen) atoms. The molecule has 1 N–H and O–H groups in total. The Hall–Kier alpha value is -1.50. The Morgan fingerprint density at radius 3 is 1.24 bits per heavy atom. The average molecular weight is 996 g/mol. The lowest BCUT2D eigenvalue weighted by Crippen LogP contribution is -2.29. The number of rotatable bonds is 53. The van der Waals surface area contributed by atoms with Crippen molar-refractivity contribution in [2.24, 2.45) is 0 Å². The van der Waals surface area contributed by atoms with Crippen molar-refractivity contribution >= 4 is 39.2 Å². The van der Waals surface area contributed by atoms with Gasteiger partial charge in [0.05, 0.1) is 19.8 Å². The molecule has 0 aliphatic heterocycles. The number of ketones is 2. The molecule has 0 aromatic heterocycles. The third-order valence-electron chi connectivity index (χ3n) is 12.0. The first-order valence-corrected chi connectivity index (χ1v) is 29.8. The largest absolute Gasteiger partial charge is 0.756 e. The molecule has 0 rings (SSSR count). The van der Waals surface area contributed by atoms with Gasteiger partial charge in [0, 0.05) is 45.6 Å². The van der Waals surface area contributed by atoms with Gasteiger partial charge in [0.25, 0.3) is 7.82 Å². The lowest BCUT2D eigenvalue weighted by molar-refractivity contribution is -0.223. The van der Waals surface area contributed by atoms with Crippen LogP contribution in [0.1, 0.15) is 264 Å². The van der Waals surface area contributed by atoms with Gasteiger partial charge in [0.2, 0.25) is 0 Å². The number of phosphoric ester groups is 2. The van der Waals surface area contributed by atoms with Gasteiger partial charge in [-0.1, -0.05) is 187 Å². The van der Waals surface area contributed by atoms with E-state index in [2.05, 4.69) is 22.9 Å². The summed E-state index contributed by atoms with van der Waals surface area (Å²) in [6.45, 7) is 3.51. The van der Waals surface area contributed by atoms with Gasteiger partial charge in [-0.05, 0) is 38.5 Å². The first kappa shape index (κ1) is 65.5. The molecule has 14 nitrogen and oxygen atoms in total. The van der Waals surface area contributed by atoms with Gasteiger partial charge in [0.15, 0.2) is 6.10 Å². The van der Waals surface area contributed by atoms with Crippen LogP contribution in [0.25, 0.3) is 0 Å². The highest BCUT2D eigenvalue weighted by Gasteiger charge is 2.26. The molecular weight excluding hydrogens is 898 g/mol. The predicted octanol–water partition coefficient (Wildman–Crippen LogP) is 14.1. The third-order valence-corrected chi connectivity index (χ3v) is 13.9. The van der Waals surface area contributed by atoms with Crippen LogP contribution in [0.2, 0.25) is 0 Å². The van der Waals surface area contributed by atoms with E-state index in [1.807, 2.05) is 0 Å². The summed E-state index contributed by atoms with van der Waals surface area (Å²) in [5.74, 6) is -0.913. The van der Waals surface area contributed by atoms with Gasteiger partial charge in [0.1, 0.15) is 18.2 Å². The van der Waals surface area contributed by atoms with Gasteiger partial charge in [-0.3, -0.25) is 32.8 Å². The number of phosphoric acid groups is 2. The van der Waals surface area contributed by atoms with Crippen molar-refractivity contribution in [1.29, 1.82) is 0 Å². The molecule has 0 aromatic rings. The normalized spacial score (nSPS) is 13.8. The zero-order valence-electron chi connectivity index (χ0n) is 42.6. The molecule has 0 heterocycles. The molecule has 0 fully saturated rings. The summed E-state index contributed by atoms with van der Waals surface area (Å²) in [6.07, 6.45) is 35.7. The van der Waals surface area contributed by atoms with Gasteiger partial charge >= 0.3 is 19.8 Å². The standard InChI is InChI=1S/C51H98O14P2/c1-4-6-8-10-12-14-16-18-20-22-24-28-32-41-50(54)61-45-49(65-51(55)42-33-29-25-23-21-19-17-15-13-11-9-7-5-2)46-64-67(58,59)63-44-36-40-48(53)39-35-38-47(52)37-31-27-26-30-34-43-62-66(56,57)60-3/h49H,4-46H2,1-3H3,(H,56,57)(H,58,59)/p-1/t49-/m1/s1. The van der Waals surface area contributed by atoms with E-state index in [0.29, 0.717) is 38.5 Å². The van der Waals surface area contributed by atoms with Crippen LogP contribution in [0, 0.1) is 0 Å². The number of hydrogen-bond acceptors (Lipinski definition) is 13. The zero-order chi connectivity index (χ0) is 49.5. The van der Waals surface area contributed by atoms with E-state index in [1.54, 1.807) is 0 Å². The Labute approximate surface area is 407 Å². The van der Waals surface area contributed by atoms with E-state index in [0.717, 1.165) is 71.3 Å². The van der Waals surface area contributed by atoms with E-state index in [9.17, 15) is 38.1 Å². The molecule has 0 saturated carbocycles.